The number of hydrogen-bond donors (Lipinski definition) is 0. The van der Waals surface area contributed by atoms with Gasteiger partial charge < -0.3 is 4.74 Å². The maximum atomic E-state index is 13.1. The zero-order valence-corrected chi connectivity index (χ0v) is 10.7. The Morgan fingerprint density at radius 2 is 1.90 bits per heavy atom. The number of carbonyl (C=O) groups is 1. The molecule has 2 rings (SSSR count). The molecule has 0 aliphatic carbocycles. The van der Waals surface area contributed by atoms with Crippen molar-refractivity contribution in [1.29, 1.82) is 0 Å². The van der Waals surface area contributed by atoms with Gasteiger partial charge in [-0.15, -0.1) is 0 Å². The lowest BCUT2D eigenvalue weighted by molar-refractivity contribution is -0.137. The fourth-order valence-electron chi connectivity index (χ4n) is 1.78. The number of benzene rings is 1. The van der Waals surface area contributed by atoms with Crippen molar-refractivity contribution in [3.63, 3.8) is 0 Å². The molecule has 0 saturated carbocycles. The molecular formula is C14H9F4NO2. The lowest BCUT2D eigenvalue weighted by atomic mass is 10.0. The van der Waals surface area contributed by atoms with Crippen LogP contribution in [0, 0.1) is 5.95 Å². The van der Waals surface area contributed by atoms with E-state index < -0.39 is 23.7 Å². The van der Waals surface area contributed by atoms with Crippen molar-refractivity contribution in [2.75, 3.05) is 7.11 Å². The van der Waals surface area contributed by atoms with Crippen LogP contribution >= 0.6 is 0 Å². The smallest absolute Gasteiger partial charge is 0.416 e. The minimum atomic E-state index is -4.52. The van der Waals surface area contributed by atoms with Crippen molar-refractivity contribution in [1.82, 2.24) is 4.98 Å². The minimum Gasteiger partial charge on any atom is -0.464 e. The molecule has 0 radical (unpaired) electrons. The molecule has 1 heterocycles. The summed E-state index contributed by atoms with van der Waals surface area (Å²) in [5, 5.41) is 0. The summed E-state index contributed by atoms with van der Waals surface area (Å²) in [5.41, 5.74) is -1.09. The van der Waals surface area contributed by atoms with E-state index in [1.54, 1.807) is 0 Å². The van der Waals surface area contributed by atoms with Crippen LogP contribution < -0.4 is 0 Å². The number of methoxy groups -OCH3 is 1. The van der Waals surface area contributed by atoms with Crippen molar-refractivity contribution < 1.29 is 27.1 Å². The van der Waals surface area contributed by atoms with Crippen molar-refractivity contribution in [2.45, 2.75) is 6.18 Å². The Morgan fingerprint density at radius 1 is 1.19 bits per heavy atom. The van der Waals surface area contributed by atoms with E-state index >= 15 is 0 Å². The first kappa shape index (κ1) is 15.0. The molecule has 0 bridgehead atoms. The number of halogens is 4. The molecule has 7 heteroatoms. The molecule has 0 spiro atoms. The van der Waals surface area contributed by atoms with Crippen LogP contribution in [0.1, 0.15) is 16.1 Å². The monoisotopic (exact) mass is 299 g/mol. The normalized spacial score (nSPS) is 11.3. The summed E-state index contributed by atoms with van der Waals surface area (Å²) < 4.78 is 55.7. The van der Waals surface area contributed by atoms with Gasteiger partial charge in [-0.1, -0.05) is 12.1 Å². The van der Waals surface area contributed by atoms with Gasteiger partial charge in [0.15, 0.2) is 5.69 Å². The fourth-order valence-corrected chi connectivity index (χ4v) is 1.78. The van der Waals surface area contributed by atoms with Gasteiger partial charge in [-0.2, -0.15) is 17.6 Å². The molecule has 2 aromatic rings. The number of aromatic nitrogens is 1. The van der Waals surface area contributed by atoms with E-state index in [1.165, 1.54) is 18.2 Å². The second-order valence-electron chi connectivity index (χ2n) is 4.10. The zero-order chi connectivity index (χ0) is 15.6. The van der Waals surface area contributed by atoms with E-state index in [2.05, 4.69) is 9.72 Å². The number of hydrogen-bond acceptors (Lipinski definition) is 3. The molecule has 0 N–H and O–H groups in total. The van der Waals surface area contributed by atoms with Crippen LogP contribution in [0.15, 0.2) is 36.4 Å². The summed E-state index contributed by atoms with van der Waals surface area (Å²) in [4.78, 5) is 15.0. The van der Waals surface area contributed by atoms with Crippen LogP contribution in [0.3, 0.4) is 0 Å². The Bertz CT molecular complexity index is 683. The summed E-state index contributed by atoms with van der Waals surface area (Å²) in [6.45, 7) is 0. The largest absolute Gasteiger partial charge is 0.464 e. The number of rotatable bonds is 2. The molecule has 1 aromatic heterocycles. The van der Waals surface area contributed by atoms with E-state index in [1.807, 2.05) is 0 Å². The number of esters is 1. The highest BCUT2D eigenvalue weighted by molar-refractivity contribution is 5.95. The second-order valence-corrected chi connectivity index (χ2v) is 4.10. The average molecular weight is 299 g/mol. The summed E-state index contributed by atoms with van der Waals surface area (Å²) in [6.07, 6.45) is -4.52. The molecule has 0 saturated heterocycles. The number of alkyl halides is 3. The molecule has 0 unspecified atom stereocenters. The molecule has 21 heavy (non-hydrogen) atoms. The summed E-state index contributed by atoms with van der Waals surface area (Å²) in [7, 11) is 1.07. The Kier molecular flexibility index (Phi) is 3.93. The van der Waals surface area contributed by atoms with Crippen LogP contribution in [0.4, 0.5) is 17.6 Å². The predicted octanol–water partition coefficient (Wildman–Crippen LogP) is 3.69. The van der Waals surface area contributed by atoms with Gasteiger partial charge in [-0.3, -0.25) is 0 Å². The Hall–Kier alpha value is -2.44. The molecule has 3 nitrogen and oxygen atoms in total. The van der Waals surface area contributed by atoms with Crippen molar-refractivity contribution in [3.05, 3.63) is 53.6 Å². The van der Waals surface area contributed by atoms with Gasteiger partial charge in [0.25, 0.3) is 0 Å². The Morgan fingerprint density at radius 3 is 2.52 bits per heavy atom. The fraction of sp³-hybridized carbons (Fsp3) is 0.143. The number of ether oxygens (including phenoxy) is 1. The van der Waals surface area contributed by atoms with Crippen LogP contribution in [-0.4, -0.2) is 18.1 Å². The van der Waals surface area contributed by atoms with Crippen LogP contribution in [0.25, 0.3) is 11.1 Å². The standard InChI is InChI=1S/C14H9F4NO2/c1-21-13(20)12-10(5-6-11(15)19-12)8-3-2-4-9(7-8)14(16,17)18/h2-7H,1H3. The van der Waals surface area contributed by atoms with Crippen molar-refractivity contribution in [3.8, 4) is 11.1 Å². The topological polar surface area (TPSA) is 39.2 Å². The molecule has 0 amide bonds. The van der Waals surface area contributed by atoms with Crippen molar-refractivity contribution in [2.24, 2.45) is 0 Å². The minimum absolute atomic E-state index is 0.0642. The molecule has 110 valence electrons. The molecule has 0 fully saturated rings. The third-order valence-electron chi connectivity index (χ3n) is 2.74. The van der Waals surface area contributed by atoms with Gasteiger partial charge in [-0.05, 0) is 29.8 Å². The molecule has 1 aromatic carbocycles. The first-order chi connectivity index (χ1) is 9.82. The van der Waals surface area contributed by atoms with E-state index in [9.17, 15) is 22.4 Å². The van der Waals surface area contributed by atoms with Gasteiger partial charge in [0, 0.05) is 5.56 Å². The lowest BCUT2D eigenvalue weighted by Gasteiger charge is -2.11. The number of nitrogens with zero attached hydrogens (tertiary/aromatic N) is 1. The quantitative estimate of drug-likeness (QED) is 0.482. The predicted molar refractivity (Wildman–Crippen MR) is 66.0 cm³/mol. The molecule has 0 atom stereocenters. The highest BCUT2D eigenvalue weighted by Gasteiger charge is 2.30. The number of carbonyl (C=O) groups excluding carboxylic acids is 1. The zero-order valence-electron chi connectivity index (χ0n) is 10.7. The van der Waals surface area contributed by atoms with E-state index in [4.69, 9.17) is 0 Å². The SMILES string of the molecule is COC(=O)c1nc(F)ccc1-c1cccc(C(F)(F)F)c1. The second kappa shape index (κ2) is 5.51. The molecule has 0 aliphatic heterocycles. The van der Waals surface area contributed by atoms with Gasteiger partial charge in [0.05, 0.1) is 12.7 Å². The van der Waals surface area contributed by atoms with E-state index in [0.717, 1.165) is 25.3 Å². The van der Waals surface area contributed by atoms with Crippen LogP contribution in [0.2, 0.25) is 0 Å². The van der Waals surface area contributed by atoms with E-state index in [-0.39, 0.29) is 16.8 Å². The van der Waals surface area contributed by atoms with E-state index in [0.29, 0.717) is 0 Å². The third-order valence-corrected chi connectivity index (χ3v) is 2.74. The highest BCUT2D eigenvalue weighted by atomic mass is 19.4. The maximum Gasteiger partial charge on any atom is 0.416 e. The summed E-state index contributed by atoms with van der Waals surface area (Å²) in [6, 6.07) is 6.48. The van der Waals surface area contributed by atoms with Crippen molar-refractivity contribution >= 4 is 5.97 Å². The van der Waals surface area contributed by atoms with Crippen LogP contribution in [-0.2, 0) is 10.9 Å². The number of pyridine rings is 1. The molecule has 0 aliphatic rings. The first-order valence-corrected chi connectivity index (χ1v) is 5.75. The van der Waals surface area contributed by atoms with Gasteiger partial charge in [0.1, 0.15) is 0 Å². The van der Waals surface area contributed by atoms with Gasteiger partial charge >= 0.3 is 12.1 Å². The summed E-state index contributed by atoms with van der Waals surface area (Å²) >= 11 is 0. The highest BCUT2D eigenvalue weighted by Crippen LogP contribution is 2.33. The third kappa shape index (κ3) is 3.18. The lowest BCUT2D eigenvalue weighted by Crippen LogP contribution is -2.09. The Balaban J connectivity index is 2.59. The van der Waals surface area contributed by atoms with Gasteiger partial charge in [-0.25, -0.2) is 9.78 Å². The first-order valence-electron chi connectivity index (χ1n) is 5.75. The Labute approximate surface area is 117 Å². The van der Waals surface area contributed by atoms with Gasteiger partial charge in [0.2, 0.25) is 5.95 Å². The van der Waals surface area contributed by atoms with Crippen LogP contribution in [0.5, 0.6) is 0 Å². The maximum absolute atomic E-state index is 13.1. The molecular weight excluding hydrogens is 290 g/mol. The summed E-state index contributed by atoms with van der Waals surface area (Å²) in [5.74, 6) is -1.85. The average Bonchev–Trinajstić information content (AvgIpc) is 2.45.